The summed E-state index contributed by atoms with van der Waals surface area (Å²) in [6, 6.07) is 5.32. The fraction of sp³-hybridized carbons (Fsp3) is 0.375. The molecule has 0 aliphatic heterocycles. The second-order valence-electron chi connectivity index (χ2n) is 5.84. The maximum Gasteiger partial charge on any atom is 0.297 e. The van der Waals surface area contributed by atoms with Crippen molar-refractivity contribution >= 4 is 22.8 Å². The van der Waals surface area contributed by atoms with E-state index in [0.29, 0.717) is 22.5 Å². The van der Waals surface area contributed by atoms with Crippen molar-refractivity contribution in [3.8, 4) is 11.5 Å². The minimum absolute atomic E-state index is 0.0647. The predicted molar refractivity (Wildman–Crippen MR) is 87.8 cm³/mol. The standard InChI is InChI=1S/C16H17N5O4/c1-23-10-6-7-12-11(8-10)13(24-9-4-2-3-5-9)14(25-12)15(22)17-16-18-20-21-19-16/h6-9H,2-5H2,1H3,(H2,17,18,19,20,21,22). The number of anilines is 1. The van der Waals surface area contributed by atoms with Crippen LogP contribution in [0, 0.1) is 0 Å². The first kappa shape index (κ1) is 15.4. The molecule has 2 aromatic heterocycles. The van der Waals surface area contributed by atoms with Gasteiger partial charge in [-0.25, -0.2) is 0 Å². The molecule has 0 unspecified atom stereocenters. The van der Waals surface area contributed by atoms with E-state index in [1.807, 2.05) is 0 Å². The number of carbonyl (C=O) groups excluding carboxylic acids is 1. The van der Waals surface area contributed by atoms with Crippen molar-refractivity contribution in [2.45, 2.75) is 31.8 Å². The molecule has 9 nitrogen and oxygen atoms in total. The molecule has 0 atom stereocenters. The smallest absolute Gasteiger partial charge is 0.297 e. The normalized spacial score (nSPS) is 14.8. The van der Waals surface area contributed by atoms with E-state index in [1.54, 1.807) is 25.3 Å². The van der Waals surface area contributed by atoms with Crippen molar-refractivity contribution in [3.63, 3.8) is 0 Å². The number of H-pyrrole nitrogens is 1. The highest BCUT2D eigenvalue weighted by Crippen LogP contribution is 2.38. The highest BCUT2D eigenvalue weighted by atomic mass is 16.5. The topological polar surface area (TPSA) is 115 Å². The lowest BCUT2D eigenvalue weighted by Gasteiger charge is -2.13. The second kappa shape index (κ2) is 6.42. The highest BCUT2D eigenvalue weighted by molar-refractivity contribution is 6.07. The van der Waals surface area contributed by atoms with Crippen LogP contribution in [0.3, 0.4) is 0 Å². The lowest BCUT2D eigenvalue weighted by atomic mass is 10.2. The summed E-state index contributed by atoms with van der Waals surface area (Å²) in [4.78, 5) is 12.6. The number of fused-ring (bicyclic) bond motifs is 1. The van der Waals surface area contributed by atoms with Crippen LogP contribution in [-0.4, -0.2) is 39.7 Å². The first-order valence-electron chi connectivity index (χ1n) is 8.06. The molecule has 0 spiro atoms. The number of tetrazole rings is 1. The summed E-state index contributed by atoms with van der Waals surface area (Å²) < 4.78 is 17.1. The van der Waals surface area contributed by atoms with Gasteiger partial charge in [0.1, 0.15) is 11.3 Å². The van der Waals surface area contributed by atoms with Crippen molar-refractivity contribution in [3.05, 3.63) is 24.0 Å². The van der Waals surface area contributed by atoms with E-state index in [9.17, 15) is 4.79 Å². The van der Waals surface area contributed by atoms with Crippen molar-refractivity contribution in [2.24, 2.45) is 0 Å². The van der Waals surface area contributed by atoms with Crippen LogP contribution >= 0.6 is 0 Å². The molecule has 2 heterocycles. The van der Waals surface area contributed by atoms with Gasteiger partial charge in [0.2, 0.25) is 5.76 Å². The Hall–Kier alpha value is -3.10. The number of benzene rings is 1. The molecule has 9 heteroatoms. The van der Waals surface area contributed by atoms with Crippen molar-refractivity contribution in [2.75, 3.05) is 12.4 Å². The molecule has 1 aliphatic rings. The summed E-state index contributed by atoms with van der Waals surface area (Å²) in [7, 11) is 1.59. The van der Waals surface area contributed by atoms with Crippen LogP contribution in [0.1, 0.15) is 36.2 Å². The molecule has 1 saturated carbocycles. The summed E-state index contributed by atoms with van der Waals surface area (Å²) in [5.74, 6) is 0.732. The van der Waals surface area contributed by atoms with E-state index < -0.39 is 5.91 Å². The summed E-state index contributed by atoms with van der Waals surface area (Å²) in [6.07, 6.45) is 4.23. The number of nitrogens with zero attached hydrogens (tertiary/aromatic N) is 3. The van der Waals surface area contributed by atoms with Gasteiger partial charge in [0.15, 0.2) is 5.75 Å². The number of nitrogens with one attached hydrogen (secondary N) is 2. The molecule has 130 valence electrons. The van der Waals surface area contributed by atoms with Gasteiger partial charge >= 0.3 is 0 Å². The van der Waals surface area contributed by atoms with Crippen LogP contribution in [0.25, 0.3) is 11.0 Å². The van der Waals surface area contributed by atoms with E-state index in [1.165, 1.54) is 0 Å². The van der Waals surface area contributed by atoms with Gasteiger partial charge in [0, 0.05) is 0 Å². The Morgan fingerprint density at radius 2 is 2.20 bits per heavy atom. The predicted octanol–water partition coefficient (Wildman–Crippen LogP) is 2.53. The molecule has 1 aliphatic carbocycles. The van der Waals surface area contributed by atoms with Crippen LogP contribution in [0.2, 0.25) is 0 Å². The quantitative estimate of drug-likeness (QED) is 0.731. The Labute approximate surface area is 142 Å². The van der Waals surface area contributed by atoms with Crippen LogP contribution < -0.4 is 14.8 Å². The molecule has 0 radical (unpaired) electrons. The van der Waals surface area contributed by atoms with Crippen LogP contribution in [-0.2, 0) is 0 Å². The largest absolute Gasteiger partial charge is 0.497 e. The van der Waals surface area contributed by atoms with Crippen LogP contribution in [0.4, 0.5) is 5.95 Å². The zero-order chi connectivity index (χ0) is 17.2. The maximum absolute atomic E-state index is 12.6. The number of ether oxygens (including phenoxy) is 2. The van der Waals surface area contributed by atoms with E-state index in [4.69, 9.17) is 13.9 Å². The molecular formula is C16H17N5O4. The zero-order valence-electron chi connectivity index (χ0n) is 13.6. The summed E-state index contributed by atoms with van der Waals surface area (Å²) in [5.41, 5.74) is 0.548. The number of aromatic amines is 1. The maximum atomic E-state index is 12.6. The van der Waals surface area contributed by atoms with Crippen LogP contribution in [0.15, 0.2) is 22.6 Å². The van der Waals surface area contributed by atoms with E-state index in [0.717, 1.165) is 25.7 Å². The van der Waals surface area contributed by atoms with Gasteiger partial charge in [-0.3, -0.25) is 10.1 Å². The third kappa shape index (κ3) is 3.00. The lowest BCUT2D eigenvalue weighted by Crippen LogP contribution is -2.16. The molecule has 1 aromatic carbocycles. The molecule has 25 heavy (non-hydrogen) atoms. The molecule has 0 saturated heterocycles. The Kier molecular flexibility index (Phi) is 3.96. The molecule has 1 amide bonds. The number of methoxy groups -OCH3 is 1. The first-order valence-corrected chi connectivity index (χ1v) is 8.06. The van der Waals surface area contributed by atoms with E-state index in [2.05, 4.69) is 25.9 Å². The summed E-state index contributed by atoms with van der Waals surface area (Å²) in [6.45, 7) is 0. The van der Waals surface area contributed by atoms with Gasteiger partial charge in [-0.05, 0) is 49.1 Å². The number of amides is 1. The summed E-state index contributed by atoms with van der Waals surface area (Å²) >= 11 is 0. The number of carbonyl (C=O) groups is 1. The Bertz CT molecular complexity index is 883. The van der Waals surface area contributed by atoms with Gasteiger partial charge in [0.25, 0.3) is 11.9 Å². The fourth-order valence-corrected chi connectivity index (χ4v) is 2.99. The average molecular weight is 343 g/mol. The number of hydrogen-bond donors (Lipinski definition) is 2. The SMILES string of the molecule is COc1ccc2oc(C(=O)Nc3nn[nH]n3)c(OC3CCCC3)c2c1. The zero-order valence-corrected chi connectivity index (χ0v) is 13.6. The van der Waals surface area contributed by atoms with Gasteiger partial charge in [-0.1, -0.05) is 5.10 Å². The van der Waals surface area contributed by atoms with Crippen molar-refractivity contribution < 1.29 is 18.7 Å². The number of rotatable bonds is 5. The number of aromatic nitrogens is 4. The number of hydrogen-bond acceptors (Lipinski definition) is 7. The Morgan fingerprint density at radius 3 is 2.92 bits per heavy atom. The lowest BCUT2D eigenvalue weighted by molar-refractivity contribution is 0.0988. The molecule has 4 rings (SSSR count). The van der Waals surface area contributed by atoms with E-state index in [-0.39, 0.29) is 17.8 Å². The second-order valence-corrected chi connectivity index (χ2v) is 5.84. The van der Waals surface area contributed by atoms with E-state index >= 15 is 0 Å². The molecule has 2 N–H and O–H groups in total. The Morgan fingerprint density at radius 1 is 1.36 bits per heavy atom. The average Bonchev–Trinajstić information content (AvgIpc) is 3.36. The van der Waals surface area contributed by atoms with Gasteiger partial charge in [-0.15, -0.1) is 5.10 Å². The monoisotopic (exact) mass is 343 g/mol. The summed E-state index contributed by atoms with van der Waals surface area (Å²) in [5, 5.41) is 16.3. The minimum Gasteiger partial charge on any atom is -0.497 e. The minimum atomic E-state index is -0.496. The van der Waals surface area contributed by atoms with Crippen molar-refractivity contribution in [1.29, 1.82) is 0 Å². The third-order valence-corrected chi connectivity index (χ3v) is 4.21. The number of furan rings is 1. The van der Waals surface area contributed by atoms with Gasteiger partial charge in [0.05, 0.1) is 18.6 Å². The first-order chi connectivity index (χ1) is 12.2. The van der Waals surface area contributed by atoms with Crippen molar-refractivity contribution in [1.82, 2.24) is 20.6 Å². The van der Waals surface area contributed by atoms with Gasteiger partial charge < -0.3 is 13.9 Å². The molecular weight excluding hydrogens is 326 g/mol. The fourth-order valence-electron chi connectivity index (χ4n) is 2.99. The molecule has 1 fully saturated rings. The molecule has 0 bridgehead atoms. The highest BCUT2D eigenvalue weighted by Gasteiger charge is 2.27. The third-order valence-electron chi connectivity index (χ3n) is 4.21. The van der Waals surface area contributed by atoms with Crippen LogP contribution in [0.5, 0.6) is 11.5 Å². The Balaban J connectivity index is 1.74. The van der Waals surface area contributed by atoms with Gasteiger partial charge in [-0.2, -0.15) is 5.21 Å². The molecule has 3 aromatic rings.